The number of nitrogens with one attached hydrogen (secondary N) is 1. The van der Waals surface area contributed by atoms with E-state index in [0.29, 0.717) is 5.69 Å². The Labute approximate surface area is 138 Å². The number of carboxylic acids is 2. The van der Waals surface area contributed by atoms with Crippen LogP contribution in [-0.4, -0.2) is 17.8 Å². The van der Waals surface area contributed by atoms with Crippen molar-refractivity contribution in [2.24, 2.45) is 0 Å². The zero-order chi connectivity index (χ0) is 17.5. The summed E-state index contributed by atoms with van der Waals surface area (Å²) in [5.41, 5.74) is 0.976. The number of carbonyl (C=O) groups is 3. The molecule has 2 rings (SSSR count). The lowest BCUT2D eigenvalue weighted by atomic mass is 9.92. The molecule has 6 nitrogen and oxygen atoms in total. The highest BCUT2D eigenvalue weighted by molar-refractivity contribution is 5.93. The molecule has 0 fully saturated rings. The number of anilines is 1. The second-order valence-electron chi connectivity index (χ2n) is 5.30. The quantitative estimate of drug-likeness (QED) is 0.787. The van der Waals surface area contributed by atoms with Gasteiger partial charge in [-0.25, -0.2) is 0 Å². The molecule has 0 saturated carbocycles. The average molecular weight is 325 g/mol. The molecule has 1 N–H and O–H groups in total. The third-order valence-corrected chi connectivity index (χ3v) is 3.50. The topological polar surface area (TPSA) is 109 Å². The van der Waals surface area contributed by atoms with Crippen molar-refractivity contribution >= 4 is 23.5 Å². The van der Waals surface area contributed by atoms with Crippen molar-refractivity contribution < 1.29 is 24.6 Å². The first kappa shape index (κ1) is 17.2. The molecular weight excluding hydrogens is 310 g/mol. The lowest BCUT2D eigenvalue weighted by molar-refractivity contribution is -0.306. The maximum absolute atomic E-state index is 12.2. The van der Waals surface area contributed by atoms with Gasteiger partial charge in [-0.1, -0.05) is 42.5 Å². The number of hydrogen-bond acceptors (Lipinski definition) is 5. The van der Waals surface area contributed by atoms with Crippen molar-refractivity contribution in [2.45, 2.75) is 18.8 Å². The molecule has 1 amide bonds. The van der Waals surface area contributed by atoms with Crippen molar-refractivity contribution in [3.8, 4) is 0 Å². The van der Waals surface area contributed by atoms with Gasteiger partial charge in [0.2, 0.25) is 5.91 Å². The number of aliphatic carboxylic acids is 1. The summed E-state index contributed by atoms with van der Waals surface area (Å²) in [6, 6.07) is 14.5. The van der Waals surface area contributed by atoms with Gasteiger partial charge in [-0.2, -0.15) is 0 Å². The van der Waals surface area contributed by atoms with E-state index in [1.165, 1.54) is 18.2 Å². The molecule has 0 aliphatic rings. The van der Waals surface area contributed by atoms with Crippen LogP contribution in [0.2, 0.25) is 0 Å². The van der Waals surface area contributed by atoms with E-state index in [1.807, 2.05) is 0 Å². The monoisotopic (exact) mass is 325 g/mol. The Balaban J connectivity index is 2.09. The van der Waals surface area contributed by atoms with Crippen LogP contribution in [0.15, 0.2) is 54.6 Å². The van der Waals surface area contributed by atoms with Crippen molar-refractivity contribution in [1.29, 1.82) is 0 Å². The molecule has 0 aliphatic carbocycles. The lowest BCUT2D eigenvalue weighted by Gasteiger charge is -2.18. The first-order valence-corrected chi connectivity index (χ1v) is 7.31. The highest BCUT2D eigenvalue weighted by atomic mass is 16.4. The van der Waals surface area contributed by atoms with Crippen LogP contribution >= 0.6 is 0 Å². The largest absolute Gasteiger partial charge is 0.550 e. The van der Waals surface area contributed by atoms with Gasteiger partial charge < -0.3 is 25.1 Å². The number of carboxylic acid groups (broad SMARTS) is 2. The van der Waals surface area contributed by atoms with Crippen molar-refractivity contribution in [3.63, 3.8) is 0 Å². The zero-order valence-electron chi connectivity index (χ0n) is 12.7. The SMILES string of the molecule is O=C([O-])C[C@@H](CC(=O)Nc1cccc(C(=O)[O-])c1)c1ccccc1. The summed E-state index contributed by atoms with van der Waals surface area (Å²) in [5.74, 6) is -3.53. The summed E-state index contributed by atoms with van der Waals surface area (Å²) in [6.45, 7) is 0. The third kappa shape index (κ3) is 4.95. The van der Waals surface area contributed by atoms with E-state index in [4.69, 9.17) is 0 Å². The molecule has 124 valence electrons. The van der Waals surface area contributed by atoms with Crippen molar-refractivity contribution in [2.75, 3.05) is 5.32 Å². The Morgan fingerprint density at radius 2 is 1.62 bits per heavy atom. The van der Waals surface area contributed by atoms with Gasteiger partial charge in [-0.3, -0.25) is 4.79 Å². The first-order chi connectivity index (χ1) is 11.5. The first-order valence-electron chi connectivity index (χ1n) is 7.31. The highest BCUT2D eigenvalue weighted by Gasteiger charge is 2.16. The average Bonchev–Trinajstić information content (AvgIpc) is 2.55. The van der Waals surface area contributed by atoms with Gasteiger partial charge in [0.25, 0.3) is 0 Å². The van der Waals surface area contributed by atoms with Gasteiger partial charge in [-0.15, -0.1) is 0 Å². The second-order valence-corrected chi connectivity index (χ2v) is 5.30. The Morgan fingerprint density at radius 1 is 0.917 bits per heavy atom. The van der Waals surface area contributed by atoms with E-state index < -0.39 is 23.8 Å². The summed E-state index contributed by atoms with van der Waals surface area (Å²) < 4.78 is 0. The summed E-state index contributed by atoms with van der Waals surface area (Å²) in [7, 11) is 0. The Kier molecular flexibility index (Phi) is 5.68. The number of aromatic carboxylic acids is 1. The van der Waals surface area contributed by atoms with Crippen LogP contribution in [0.4, 0.5) is 5.69 Å². The number of hydrogen-bond donors (Lipinski definition) is 1. The van der Waals surface area contributed by atoms with Crippen molar-refractivity contribution in [3.05, 3.63) is 65.7 Å². The third-order valence-electron chi connectivity index (χ3n) is 3.50. The minimum Gasteiger partial charge on any atom is -0.550 e. The zero-order valence-corrected chi connectivity index (χ0v) is 12.7. The maximum atomic E-state index is 12.2. The van der Waals surface area contributed by atoms with Crippen LogP contribution in [0.5, 0.6) is 0 Å². The van der Waals surface area contributed by atoms with E-state index in [2.05, 4.69) is 5.32 Å². The van der Waals surface area contributed by atoms with Gasteiger partial charge in [0.1, 0.15) is 0 Å². The van der Waals surface area contributed by atoms with Gasteiger partial charge in [0.05, 0.1) is 5.97 Å². The van der Waals surface area contributed by atoms with Crippen LogP contribution in [0, 0.1) is 0 Å². The fourth-order valence-corrected chi connectivity index (χ4v) is 2.39. The molecule has 0 saturated heterocycles. The highest BCUT2D eigenvalue weighted by Crippen LogP contribution is 2.24. The number of carbonyl (C=O) groups excluding carboxylic acids is 3. The standard InChI is InChI=1S/C18H17NO5/c20-16(19-15-8-4-7-13(9-15)18(23)24)10-14(11-17(21)22)12-5-2-1-3-6-12/h1-9,14H,10-11H2,(H,19,20)(H,21,22)(H,23,24)/p-2/t14-/m1/s1. The van der Waals surface area contributed by atoms with E-state index in [9.17, 15) is 24.6 Å². The lowest BCUT2D eigenvalue weighted by Crippen LogP contribution is -2.26. The molecule has 1 atom stereocenters. The summed E-state index contributed by atoms with van der Waals surface area (Å²) in [6.07, 6.45) is -0.343. The Bertz CT molecular complexity index is 742. The van der Waals surface area contributed by atoms with E-state index in [1.54, 1.807) is 36.4 Å². The van der Waals surface area contributed by atoms with Crippen LogP contribution in [-0.2, 0) is 9.59 Å². The summed E-state index contributed by atoms with van der Waals surface area (Å²) in [5, 5.41) is 24.3. The summed E-state index contributed by atoms with van der Waals surface area (Å²) >= 11 is 0. The fourth-order valence-electron chi connectivity index (χ4n) is 2.39. The fraction of sp³-hybridized carbons (Fsp3) is 0.167. The molecule has 0 unspecified atom stereocenters. The molecule has 6 heteroatoms. The molecule has 0 bridgehead atoms. The van der Waals surface area contributed by atoms with Crippen LogP contribution < -0.4 is 15.5 Å². The molecule has 24 heavy (non-hydrogen) atoms. The molecule has 2 aromatic carbocycles. The second kappa shape index (κ2) is 7.92. The minimum atomic E-state index is -1.34. The Hall–Kier alpha value is -3.15. The molecule has 0 spiro atoms. The maximum Gasteiger partial charge on any atom is 0.224 e. The van der Waals surface area contributed by atoms with E-state index in [0.717, 1.165) is 5.56 Å². The normalized spacial score (nSPS) is 11.5. The smallest absolute Gasteiger partial charge is 0.224 e. The van der Waals surface area contributed by atoms with Gasteiger partial charge in [0, 0.05) is 18.1 Å². The predicted octanol–water partition coefficient (Wildman–Crippen LogP) is 0.302. The molecule has 0 heterocycles. The Morgan fingerprint density at radius 3 is 2.25 bits per heavy atom. The summed E-state index contributed by atoms with van der Waals surface area (Å²) in [4.78, 5) is 33.9. The predicted molar refractivity (Wildman–Crippen MR) is 82.8 cm³/mol. The number of rotatable bonds is 7. The molecule has 0 radical (unpaired) electrons. The van der Waals surface area contributed by atoms with Crippen LogP contribution in [0.1, 0.15) is 34.7 Å². The molecule has 0 aliphatic heterocycles. The minimum absolute atomic E-state index is 0.0536. The molecule has 0 aromatic heterocycles. The van der Waals surface area contributed by atoms with Crippen LogP contribution in [0.3, 0.4) is 0 Å². The number of benzene rings is 2. The molecule has 2 aromatic rings. The van der Waals surface area contributed by atoms with Gasteiger partial charge >= 0.3 is 0 Å². The van der Waals surface area contributed by atoms with Crippen LogP contribution in [0.25, 0.3) is 0 Å². The van der Waals surface area contributed by atoms with Crippen molar-refractivity contribution in [1.82, 2.24) is 0 Å². The van der Waals surface area contributed by atoms with E-state index >= 15 is 0 Å². The van der Waals surface area contributed by atoms with Gasteiger partial charge in [-0.05, 0) is 35.6 Å². The molecular formula is C18H15NO5-2. The number of amides is 1. The van der Waals surface area contributed by atoms with E-state index in [-0.39, 0.29) is 18.4 Å². The van der Waals surface area contributed by atoms with Gasteiger partial charge in [0.15, 0.2) is 0 Å².